The summed E-state index contributed by atoms with van der Waals surface area (Å²) < 4.78 is 6.85. The lowest BCUT2D eigenvalue weighted by atomic mass is 9.89. The van der Waals surface area contributed by atoms with Gasteiger partial charge in [0.05, 0.1) is 0 Å². The van der Waals surface area contributed by atoms with Crippen molar-refractivity contribution in [3.05, 3.63) is 164 Å². The van der Waals surface area contributed by atoms with Gasteiger partial charge in [0.15, 0.2) is 17.5 Å². The van der Waals surface area contributed by atoms with E-state index in [0.29, 0.717) is 17.5 Å². The predicted molar refractivity (Wildman–Crippen MR) is 210 cm³/mol. The SMILES string of the molecule is c1ccc(-c2nc(-c3ccccc3)nc(-c3ccc(-c4cc5oc6c7ccccc7cc7c8ccccc8c(c4)c5c76)c4ccccc34)n2)cc1. The Kier molecular flexibility index (Phi) is 5.92. The van der Waals surface area contributed by atoms with Gasteiger partial charge in [-0.05, 0) is 73.1 Å². The van der Waals surface area contributed by atoms with Crippen LogP contribution in [0.5, 0.6) is 0 Å². The third kappa shape index (κ3) is 4.23. The number of hydrogen-bond acceptors (Lipinski definition) is 4. The normalized spacial score (nSPS) is 11.9. The van der Waals surface area contributed by atoms with Crippen LogP contribution in [0.2, 0.25) is 0 Å². The Bertz CT molecular complexity index is 3070. The summed E-state index contributed by atoms with van der Waals surface area (Å²) >= 11 is 0. The van der Waals surface area contributed by atoms with Crippen LogP contribution in [-0.4, -0.2) is 15.0 Å². The Morgan fingerprint density at radius 3 is 1.51 bits per heavy atom. The molecule has 2 aromatic heterocycles. The van der Waals surface area contributed by atoms with Crippen molar-refractivity contribution in [2.75, 3.05) is 0 Å². The van der Waals surface area contributed by atoms with Crippen LogP contribution in [0.15, 0.2) is 168 Å². The molecule has 0 aliphatic heterocycles. The number of rotatable bonds is 4. The zero-order valence-electron chi connectivity index (χ0n) is 27.3. The molecule has 0 atom stereocenters. The van der Waals surface area contributed by atoms with Crippen LogP contribution in [0, 0.1) is 0 Å². The summed E-state index contributed by atoms with van der Waals surface area (Å²) in [5.41, 5.74) is 6.93. The van der Waals surface area contributed by atoms with Gasteiger partial charge < -0.3 is 4.42 Å². The molecule has 0 amide bonds. The summed E-state index contributed by atoms with van der Waals surface area (Å²) in [5.74, 6) is 1.93. The van der Waals surface area contributed by atoms with E-state index in [1.165, 1.54) is 37.7 Å². The molecule has 0 fully saturated rings. The summed E-state index contributed by atoms with van der Waals surface area (Å²) in [7, 11) is 0. The minimum atomic E-state index is 0.640. The van der Waals surface area contributed by atoms with Gasteiger partial charge in [0.25, 0.3) is 0 Å². The van der Waals surface area contributed by atoms with E-state index < -0.39 is 0 Å². The maximum absolute atomic E-state index is 6.85. The molecule has 0 spiro atoms. The minimum Gasteiger partial charge on any atom is -0.455 e. The highest BCUT2D eigenvalue weighted by Gasteiger charge is 2.22. The molecule has 9 aromatic carbocycles. The van der Waals surface area contributed by atoms with Gasteiger partial charge in [-0.2, -0.15) is 0 Å². The van der Waals surface area contributed by atoms with Gasteiger partial charge in [0.2, 0.25) is 0 Å². The maximum Gasteiger partial charge on any atom is 0.164 e. The first-order chi connectivity index (χ1) is 25.3. The third-order valence-electron chi connectivity index (χ3n) is 10.2. The molecule has 0 bridgehead atoms. The number of hydrogen-bond donors (Lipinski definition) is 0. The fourth-order valence-corrected chi connectivity index (χ4v) is 7.94. The molecule has 0 N–H and O–H groups in total. The lowest BCUT2D eigenvalue weighted by Gasteiger charge is -2.14. The second-order valence-electron chi connectivity index (χ2n) is 13.1. The molecule has 236 valence electrons. The van der Waals surface area contributed by atoms with Gasteiger partial charge in [-0.1, -0.05) is 140 Å². The molecule has 11 aromatic rings. The maximum atomic E-state index is 6.85. The number of aromatic nitrogens is 3. The van der Waals surface area contributed by atoms with Gasteiger partial charge >= 0.3 is 0 Å². The molecule has 51 heavy (non-hydrogen) atoms. The topological polar surface area (TPSA) is 51.8 Å². The van der Waals surface area contributed by atoms with Crippen LogP contribution in [0.1, 0.15) is 0 Å². The van der Waals surface area contributed by atoms with Crippen LogP contribution in [-0.2, 0) is 0 Å². The van der Waals surface area contributed by atoms with E-state index in [-0.39, 0.29) is 0 Å². The van der Waals surface area contributed by atoms with E-state index in [2.05, 4.69) is 103 Å². The number of benzene rings is 9. The molecule has 2 heterocycles. The second-order valence-corrected chi connectivity index (χ2v) is 13.1. The van der Waals surface area contributed by atoms with Crippen molar-refractivity contribution in [1.29, 1.82) is 0 Å². The summed E-state index contributed by atoms with van der Waals surface area (Å²) in [5, 5.41) is 11.8. The van der Waals surface area contributed by atoms with E-state index >= 15 is 0 Å². The second kappa shape index (κ2) is 10.8. The van der Waals surface area contributed by atoms with E-state index in [0.717, 1.165) is 55.1 Å². The first-order valence-electron chi connectivity index (χ1n) is 17.2. The lowest BCUT2D eigenvalue weighted by Crippen LogP contribution is -2.00. The number of nitrogens with zero attached hydrogens (tertiary/aromatic N) is 3. The van der Waals surface area contributed by atoms with Crippen LogP contribution in [0.4, 0.5) is 0 Å². The molecule has 0 saturated heterocycles. The van der Waals surface area contributed by atoms with Crippen LogP contribution >= 0.6 is 0 Å². The highest BCUT2D eigenvalue weighted by atomic mass is 16.3. The largest absolute Gasteiger partial charge is 0.455 e. The zero-order chi connectivity index (χ0) is 33.5. The fourth-order valence-electron chi connectivity index (χ4n) is 7.94. The summed E-state index contributed by atoms with van der Waals surface area (Å²) in [6, 6.07) is 57.3. The summed E-state index contributed by atoms with van der Waals surface area (Å²) in [6.45, 7) is 0. The van der Waals surface area contributed by atoms with Crippen molar-refractivity contribution in [3.63, 3.8) is 0 Å². The Morgan fingerprint density at radius 1 is 0.333 bits per heavy atom. The van der Waals surface area contributed by atoms with Gasteiger partial charge in [-0.15, -0.1) is 0 Å². The predicted octanol–water partition coefficient (Wildman–Crippen LogP) is 12.5. The fraction of sp³-hybridized carbons (Fsp3) is 0. The quantitative estimate of drug-likeness (QED) is 0.141. The van der Waals surface area contributed by atoms with Crippen molar-refractivity contribution < 1.29 is 4.42 Å². The van der Waals surface area contributed by atoms with Gasteiger partial charge in [-0.3, -0.25) is 0 Å². The van der Waals surface area contributed by atoms with Crippen molar-refractivity contribution in [1.82, 2.24) is 15.0 Å². The van der Waals surface area contributed by atoms with E-state index in [1.807, 2.05) is 60.7 Å². The zero-order valence-corrected chi connectivity index (χ0v) is 27.3. The molecule has 4 nitrogen and oxygen atoms in total. The number of furan rings is 1. The monoisotopic (exact) mass is 649 g/mol. The van der Waals surface area contributed by atoms with Crippen LogP contribution < -0.4 is 0 Å². The van der Waals surface area contributed by atoms with Gasteiger partial charge in [0, 0.05) is 32.8 Å². The third-order valence-corrected chi connectivity index (χ3v) is 10.2. The van der Waals surface area contributed by atoms with Crippen molar-refractivity contribution >= 4 is 65.0 Å². The molecule has 11 rings (SSSR count). The molecule has 0 unspecified atom stereocenters. The molecule has 4 heteroatoms. The average molecular weight is 650 g/mol. The summed E-state index contributed by atoms with van der Waals surface area (Å²) in [4.78, 5) is 15.0. The molecular weight excluding hydrogens is 623 g/mol. The van der Waals surface area contributed by atoms with E-state index in [4.69, 9.17) is 19.4 Å². The minimum absolute atomic E-state index is 0.640. The first kappa shape index (κ1) is 28.0. The van der Waals surface area contributed by atoms with Gasteiger partial charge in [0.1, 0.15) is 11.2 Å². The highest BCUT2D eigenvalue weighted by Crippen LogP contribution is 2.47. The Morgan fingerprint density at radius 2 is 0.843 bits per heavy atom. The van der Waals surface area contributed by atoms with Crippen LogP contribution in [0.3, 0.4) is 0 Å². The number of fused-ring (bicyclic) bond motifs is 6. The molecular formula is C47H27N3O. The van der Waals surface area contributed by atoms with Crippen molar-refractivity contribution in [2.24, 2.45) is 0 Å². The summed E-state index contributed by atoms with van der Waals surface area (Å²) in [6.07, 6.45) is 0. The molecule has 0 aliphatic rings. The van der Waals surface area contributed by atoms with Crippen LogP contribution in [0.25, 0.3) is 110 Å². The Labute approximate surface area is 292 Å². The first-order valence-corrected chi connectivity index (χ1v) is 17.2. The van der Waals surface area contributed by atoms with Crippen molar-refractivity contribution in [2.45, 2.75) is 0 Å². The van der Waals surface area contributed by atoms with E-state index in [9.17, 15) is 0 Å². The Balaban J connectivity index is 1.17. The molecule has 0 aliphatic carbocycles. The van der Waals surface area contributed by atoms with Gasteiger partial charge in [-0.25, -0.2) is 15.0 Å². The highest BCUT2D eigenvalue weighted by molar-refractivity contribution is 6.36. The molecule has 0 radical (unpaired) electrons. The molecule has 0 saturated carbocycles. The Hall–Kier alpha value is -6.91. The lowest BCUT2D eigenvalue weighted by molar-refractivity contribution is 0.673. The standard InChI is InChI=1S/C47H27N3O/c1-3-13-28(14-4-1)45-48-46(29-15-5-2-6-16-29)50-47(49-45)38-24-23-32(34-19-9-10-20-35(34)38)31-26-39-36-21-11-12-22-37(36)40-25-30-17-7-8-18-33(30)44-43(40)42(39)41(27-31)51-44/h1-27H. The van der Waals surface area contributed by atoms with Crippen molar-refractivity contribution in [3.8, 4) is 45.3 Å². The van der Waals surface area contributed by atoms with E-state index in [1.54, 1.807) is 0 Å². The smallest absolute Gasteiger partial charge is 0.164 e. The average Bonchev–Trinajstić information content (AvgIpc) is 3.60.